The van der Waals surface area contributed by atoms with E-state index in [1.165, 1.54) is 0 Å². The van der Waals surface area contributed by atoms with Crippen molar-refractivity contribution in [1.82, 2.24) is 15.0 Å². The first kappa shape index (κ1) is 28.0. The Morgan fingerprint density at radius 3 is 2.44 bits per heavy atom. The topological polar surface area (TPSA) is 133 Å². The second-order valence-corrected chi connectivity index (χ2v) is 10.9. The van der Waals surface area contributed by atoms with E-state index in [0.717, 1.165) is 22.8 Å². The summed E-state index contributed by atoms with van der Waals surface area (Å²) in [6.45, 7) is 3.75. The van der Waals surface area contributed by atoms with Crippen LogP contribution in [0.4, 0.5) is 5.69 Å². The van der Waals surface area contributed by atoms with Crippen molar-refractivity contribution in [2.45, 2.75) is 19.9 Å². The molecule has 0 bridgehead atoms. The number of hydrogen-bond acceptors (Lipinski definition) is 7. The summed E-state index contributed by atoms with van der Waals surface area (Å²) in [5, 5.41) is 15.0. The van der Waals surface area contributed by atoms with Crippen LogP contribution in [0.2, 0.25) is 0 Å². The van der Waals surface area contributed by atoms with E-state index in [2.05, 4.69) is 15.0 Å². The lowest BCUT2D eigenvalue weighted by Gasteiger charge is -2.09. The number of carbonyl (C=O) groups excluding carboxylic acids is 1. The second kappa shape index (κ2) is 12.7. The predicted molar refractivity (Wildman–Crippen MR) is 153 cm³/mol. The Labute approximate surface area is 228 Å². The molecule has 4 rings (SSSR count). The van der Waals surface area contributed by atoms with Crippen molar-refractivity contribution in [2.75, 3.05) is 26.0 Å². The molecule has 0 unspecified atom stereocenters. The molecule has 4 aromatic rings. The molecule has 1 aromatic heterocycles. The third kappa shape index (κ3) is 7.53. The molecule has 4 N–H and O–H groups in total. The first-order chi connectivity index (χ1) is 18.7. The number of nitrogens with one attached hydrogen (secondary N) is 3. The van der Waals surface area contributed by atoms with Crippen molar-refractivity contribution in [3.63, 3.8) is 0 Å². The van der Waals surface area contributed by atoms with E-state index in [4.69, 9.17) is 9.73 Å². The fourth-order valence-electron chi connectivity index (χ4n) is 4.15. The van der Waals surface area contributed by atoms with Gasteiger partial charge in [0.1, 0.15) is 0 Å². The number of fused-ring (bicyclic) bond motifs is 1. The van der Waals surface area contributed by atoms with E-state index in [-0.39, 0.29) is 12.5 Å². The SMILES string of the molecule is CCOC(=O)c1ccc2c(C(=Nc3ccc(CNCCCNS(C)(=O)=O)cc3)c3ccccc3)c(O)[nH]c2c1. The number of esters is 1. The zero-order valence-corrected chi connectivity index (χ0v) is 22.7. The summed E-state index contributed by atoms with van der Waals surface area (Å²) in [7, 11) is -3.16. The Bertz CT molecular complexity index is 1560. The van der Waals surface area contributed by atoms with E-state index in [1.54, 1.807) is 25.1 Å². The van der Waals surface area contributed by atoms with E-state index < -0.39 is 16.0 Å². The van der Waals surface area contributed by atoms with Gasteiger partial charge >= 0.3 is 5.97 Å². The Morgan fingerprint density at radius 1 is 1.00 bits per heavy atom. The zero-order chi connectivity index (χ0) is 27.8. The highest BCUT2D eigenvalue weighted by molar-refractivity contribution is 7.88. The van der Waals surface area contributed by atoms with Crippen molar-refractivity contribution < 1.29 is 23.1 Å². The molecule has 3 aromatic carbocycles. The number of H-pyrrole nitrogens is 1. The third-order valence-corrected chi connectivity index (χ3v) is 6.70. The van der Waals surface area contributed by atoms with Gasteiger partial charge in [-0.1, -0.05) is 48.5 Å². The first-order valence-corrected chi connectivity index (χ1v) is 14.5. The quantitative estimate of drug-likeness (QED) is 0.119. The largest absolute Gasteiger partial charge is 0.494 e. The Kier molecular flexibility index (Phi) is 9.13. The monoisotopic (exact) mass is 548 g/mol. The summed E-state index contributed by atoms with van der Waals surface area (Å²) in [6, 6.07) is 22.5. The lowest BCUT2D eigenvalue weighted by molar-refractivity contribution is 0.0526. The Hall–Kier alpha value is -3.99. The van der Waals surface area contributed by atoms with Crippen LogP contribution in [0.15, 0.2) is 77.8 Å². The van der Waals surface area contributed by atoms with Gasteiger partial charge in [0.25, 0.3) is 0 Å². The number of ether oxygens (including phenoxy) is 1. The van der Waals surface area contributed by atoms with Crippen molar-refractivity contribution >= 4 is 38.3 Å². The normalized spacial score (nSPS) is 12.1. The molecule has 1 heterocycles. The summed E-state index contributed by atoms with van der Waals surface area (Å²) in [6.07, 6.45) is 1.83. The number of benzene rings is 3. The van der Waals surface area contributed by atoms with Crippen LogP contribution in [0.25, 0.3) is 10.9 Å². The number of aromatic nitrogens is 1. The minimum Gasteiger partial charge on any atom is -0.494 e. The van der Waals surface area contributed by atoms with Gasteiger partial charge in [0.05, 0.1) is 35.4 Å². The maximum absolute atomic E-state index is 12.2. The summed E-state index contributed by atoms with van der Waals surface area (Å²) < 4.78 is 29.8. The molecule has 204 valence electrons. The first-order valence-electron chi connectivity index (χ1n) is 12.7. The smallest absolute Gasteiger partial charge is 0.338 e. The third-order valence-electron chi connectivity index (χ3n) is 5.97. The number of aromatic hydroxyl groups is 1. The van der Waals surface area contributed by atoms with Crippen LogP contribution in [0.3, 0.4) is 0 Å². The van der Waals surface area contributed by atoms with Crippen LogP contribution in [0, 0.1) is 0 Å². The van der Waals surface area contributed by atoms with Crippen LogP contribution in [0.5, 0.6) is 5.88 Å². The highest BCUT2D eigenvalue weighted by atomic mass is 32.2. The average molecular weight is 549 g/mol. The van der Waals surface area contributed by atoms with Crippen molar-refractivity contribution in [3.05, 3.63) is 95.1 Å². The fraction of sp³-hybridized carbons (Fsp3) is 0.241. The number of aromatic amines is 1. The van der Waals surface area contributed by atoms with Crippen LogP contribution < -0.4 is 10.0 Å². The van der Waals surface area contributed by atoms with Crippen molar-refractivity contribution in [1.29, 1.82) is 0 Å². The summed E-state index contributed by atoms with van der Waals surface area (Å²) in [5.41, 5.74) is 4.74. The highest BCUT2D eigenvalue weighted by Gasteiger charge is 2.20. The van der Waals surface area contributed by atoms with Gasteiger partial charge in [-0.15, -0.1) is 0 Å². The fourth-order valence-corrected chi connectivity index (χ4v) is 4.66. The minimum atomic E-state index is -3.16. The molecular formula is C29H32N4O5S. The summed E-state index contributed by atoms with van der Waals surface area (Å²) in [5.74, 6) is -0.466. The number of nitrogens with zero attached hydrogens (tertiary/aromatic N) is 1. The lowest BCUT2D eigenvalue weighted by atomic mass is 10.00. The highest BCUT2D eigenvalue weighted by Crippen LogP contribution is 2.32. The Balaban J connectivity index is 1.57. The summed E-state index contributed by atoms with van der Waals surface area (Å²) in [4.78, 5) is 20.1. The van der Waals surface area contributed by atoms with Gasteiger partial charge in [0, 0.05) is 29.6 Å². The molecule has 0 saturated carbocycles. The van der Waals surface area contributed by atoms with E-state index >= 15 is 0 Å². The zero-order valence-electron chi connectivity index (χ0n) is 21.9. The van der Waals surface area contributed by atoms with Crippen molar-refractivity contribution in [3.8, 4) is 5.88 Å². The van der Waals surface area contributed by atoms with E-state index in [1.807, 2.05) is 54.6 Å². The maximum Gasteiger partial charge on any atom is 0.338 e. The van der Waals surface area contributed by atoms with Gasteiger partial charge in [-0.3, -0.25) is 0 Å². The van der Waals surface area contributed by atoms with Gasteiger partial charge in [-0.25, -0.2) is 22.9 Å². The second-order valence-electron chi connectivity index (χ2n) is 9.02. The molecule has 0 fully saturated rings. The van der Waals surface area contributed by atoms with Gasteiger partial charge in [0.2, 0.25) is 10.0 Å². The molecule has 9 nitrogen and oxygen atoms in total. The number of carbonyl (C=O) groups is 1. The van der Waals surface area contributed by atoms with Gasteiger partial charge in [0.15, 0.2) is 5.88 Å². The van der Waals surface area contributed by atoms with Crippen LogP contribution in [-0.4, -0.2) is 56.1 Å². The van der Waals surface area contributed by atoms with Gasteiger partial charge in [-0.2, -0.15) is 0 Å². The van der Waals surface area contributed by atoms with Gasteiger partial charge < -0.3 is 20.1 Å². The molecule has 0 aliphatic rings. The predicted octanol–water partition coefficient (Wildman–Crippen LogP) is 4.25. The van der Waals surface area contributed by atoms with Crippen LogP contribution >= 0.6 is 0 Å². The molecular weight excluding hydrogens is 516 g/mol. The Morgan fingerprint density at radius 2 is 1.74 bits per heavy atom. The molecule has 0 aliphatic carbocycles. The number of hydrogen-bond donors (Lipinski definition) is 4. The molecule has 0 spiro atoms. The number of rotatable bonds is 12. The van der Waals surface area contributed by atoms with Gasteiger partial charge in [-0.05, 0) is 49.7 Å². The van der Waals surface area contributed by atoms with Crippen LogP contribution in [0.1, 0.15) is 40.4 Å². The molecule has 0 aliphatic heterocycles. The number of aliphatic imine (C=N–C) groups is 1. The summed E-state index contributed by atoms with van der Waals surface area (Å²) >= 11 is 0. The lowest BCUT2D eigenvalue weighted by Crippen LogP contribution is -2.26. The van der Waals surface area contributed by atoms with E-state index in [9.17, 15) is 18.3 Å². The van der Waals surface area contributed by atoms with Crippen molar-refractivity contribution in [2.24, 2.45) is 4.99 Å². The standard InChI is InChI=1S/C29H32N4O5S/c1-3-38-29(35)22-12-15-24-25(18-22)33-28(34)26(24)27(21-8-5-4-6-9-21)32-23-13-10-20(11-14-23)19-30-16-7-17-31-39(2,36)37/h4-6,8-15,18,30-31,33-34H,3,7,16-17,19H2,1-2H3. The molecule has 0 amide bonds. The average Bonchev–Trinajstić information content (AvgIpc) is 3.24. The molecule has 0 radical (unpaired) electrons. The minimum absolute atomic E-state index is 0.0419. The molecule has 0 atom stereocenters. The molecule has 0 saturated heterocycles. The van der Waals surface area contributed by atoms with Crippen LogP contribution in [-0.2, 0) is 21.3 Å². The maximum atomic E-state index is 12.2. The van der Waals surface area contributed by atoms with E-state index in [0.29, 0.717) is 54.1 Å². The number of sulfonamides is 1. The molecule has 39 heavy (non-hydrogen) atoms. The molecule has 10 heteroatoms.